The zero-order valence-corrected chi connectivity index (χ0v) is 28.2. The third-order valence-corrected chi connectivity index (χ3v) is 10.7. The Morgan fingerprint density at radius 1 is 0.787 bits per heavy atom. The minimum atomic E-state index is -4.14. The van der Waals surface area contributed by atoms with Crippen molar-refractivity contribution in [2.45, 2.75) is 82.3 Å². The highest BCUT2D eigenvalue weighted by Gasteiger charge is 2.35. The lowest BCUT2D eigenvalue weighted by Gasteiger charge is -2.35. The third kappa shape index (κ3) is 8.69. The van der Waals surface area contributed by atoms with Crippen LogP contribution in [0.5, 0.6) is 0 Å². The normalized spacial score (nSPS) is 14.3. The fourth-order valence-corrected chi connectivity index (χ4v) is 7.75. The van der Waals surface area contributed by atoms with Crippen molar-refractivity contribution in [1.29, 1.82) is 0 Å². The van der Waals surface area contributed by atoms with Gasteiger partial charge in [-0.3, -0.25) is 13.9 Å². The molecule has 2 amide bonds. The van der Waals surface area contributed by atoms with Crippen LogP contribution in [-0.2, 0) is 39.0 Å². The van der Waals surface area contributed by atoms with Crippen LogP contribution in [0.1, 0.15) is 61.3 Å². The lowest BCUT2D eigenvalue weighted by atomic mass is 9.94. The van der Waals surface area contributed by atoms with Gasteiger partial charge in [-0.1, -0.05) is 123 Å². The number of nitrogens with zero attached hydrogens (tertiary/aromatic N) is 2. The van der Waals surface area contributed by atoms with E-state index in [1.807, 2.05) is 80.6 Å². The average molecular weight is 652 g/mol. The first kappa shape index (κ1) is 33.9. The number of hydrogen-bond acceptors (Lipinski definition) is 4. The molecule has 0 spiro atoms. The first-order valence-corrected chi connectivity index (χ1v) is 18.0. The zero-order valence-electron chi connectivity index (χ0n) is 27.3. The topological polar surface area (TPSA) is 86.8 Å². The highest BCUT2D eigenvalue weighted by Crippen LogP contribution is 2.29. The smallest absolute Gasteiger partial charge is 0.264 e. The van der Waals surface area contributed by atoms with Crippen LogP contribution in [0.3, 0.4) is 0 Å². The average Bonchev–Trinajstić information content (AvgIpc) is 3.10. The first-order valence-electron chi connectivity index (χ1n) is 16.6. The third-order valence-electron chi connectivity index (χ3n) is 8.95. The molecule has 1 saturated carbocycles. The maximum absolute atomic E-state index is 14.7. The van der Waals surface area contributed by atoms with Gasteiger partial charge in [0.05, 0.1) is 10.6 Å². The summed E-state index contributed by atoms with van der Waals surface area (Å²) >= 11 is 0. The Hall–Kier alpha value is -4.43. The molecule has 0 aromatic heterocycles. The number of carbonyl (C=O) groups is 2. The second-order valence-electron chi connectivity index (χ2n) is 12.4. The van der Waals surface area contributed by atoms with Crippen LogP contribution in [0.25, 0.3) is 0 Å². The number of hydrogen-bond donors (Lipinski definition) is 1. The number of benzene rings is 4. The minimum absolute atomic E-state index is 0.0530. The van der Waals surface area contributed by atoms with Crippen LogP contribution >= 0.6 is 0 Å². The van der Waals surface area contributed by atoms with Crippen LogP contribution in [0.4, 0.5) is 5.69 Å². The molecule has 1 atom stereocenters. The second-order valence-corrected chi connectivity index (χ2v) is 14.2. The van der Waals surface area contributed by atoms with Crippen molar-refractivity contribution in [1.82, 2.24) is 10.2 Å². The maximum atomic E-state index is 14.7. The van der Waals surface area contributed by atoms with Gasteiger partial charge in [-0.15, -0.1) is 0 Å². The quantitative estimate of drug-likeness (QED) is 0.172. The van der Waals surface area contributed by atoms with Crippen molar-refractivity contribution in [2.24, 2.45) is 0 Å². The Labute approximate surface area is 279 Å². The predicted octanol–water partition coefficient (Wildman–Crippen LogP) is 6.84. The van der Waals surface area contributed by atoms with Gasteiger partial charge in [0.15, 0.2) is 0 Å². The summed E-state index contributed by atoms with van der Waals surface area (Å²) < 4.78 is 29.8. The number of carbonyl (C=O) groups excluding carboxylic acids is 2. The van der Waals surface area contributed by atoms with Crippen molar-refractivity contribution in [2.75, 3.05) is 10.8 Å². The molecule has 0 aliphatic heterocycles. The highest BCUT2D eigenvalue weighted by molar-refractivity contribution is 7.92. The van der Waals surface area contributed by atoms with Gasteiger partial charge in [0.2, 0.25) is 11.8 Å². The van der Waals surface area contributed by atoms with Gasteiger partial charge >= 0.3 is 0 Å². The van der Waals surface area contributed by atoms with Gasteiger partial charge in [-0.2, -0.15) is 0 Å². The van der Waals surface area contributed by atoms with Crippen LogP contribution in [-0.4, -0.2) is 43.8 Å². The fraction of sp³-hybridized carbons (Fsp3) is 0.333. The molecule has 246 valence electrons. The Kier molecular flexibility index (Phi) is 11.5. The lowest BCUT2D eigenvalue weighted by Crippen LogP contribution is -2.55. The van der Waals surface area contributed by atoms with Crippen LogP contribution in [0, 0.1) is 6.92 Å². The van der Waals surface area contributed by atoms with E-state index >= 15 is 0 Å². The summed E-state index contributed by atoms with van der Waals surface area (Å²) in [6.45, 7) is 3.66. The number of aryl methyl sites for hydroxylation is 2. The fourth-order valence-electron chi connectivity index (χ4n) is 6.27. The van der Waals surface area contributed by atoms with Crippen LogP contribution < -0.4 is 9.62 Å². The van der Waals surface area contributed by atoms with Crippen LogP contribution in [0.2, 0.25) is 0 Å². The number of nitrogens with one attached hydrogen (secondary N) is 1. The van der Waals surface area contributed by atoms with Crippen molar-refractivity contribution in [3.05, 3.63) is 131 Å². The minimum Gasteiger partial charge on any atom is -0.352 e. The van der Waals surface area contributed by atoms with Crippen molar-refractivity contribution in [3.63, 3.8) is 0 Å². The van der Waals surface area contributed by atoms with Gasteiger partial charge < -0.3 is 10.2 Å². The van der Waals surface area contributed by atoms with Gasteiger partial charge in [-0.05, 0) is 61.1 Å². The molecule has 7 nitrogen and oxygen atoms in total. The van der Waals surface area contributed by atoms with Crippen molar-refractivity contribution >= 4 is 27.5 Å². The molecule has 5 rings (SSSR count). The summed E-state index contributed by atoms with van der Waals surface area (Å²) in [7, 11) is -4.14. The number of rotatable bonds is 13. The first-order chi connectivity index (χ1) is 22.8. The largest absolute Gasteiger partial charge is 0.352 e. The monoisotopic (exact) mass is 651 g/mol. The molecule has 0 saturated heterocycles. The molecule has 4 aromatic carbocycles. The molecule has 1 N–H and O–H groups in total. The second kappa shape index (κ2) is 15.9. The predicted molar refractivity (Wildman–Crippen MR) is 187 cm³/mol. The molecule has 8 heteroatoms. The molecular formula is C39H45N3O4S. The molecular weight excluding hydrogens is 607 g/mol. The SMILES string of the molecule is CCc1ccccc1N(CC(=O)N(Cc1ccc(C)cc1)[C@H](Cc1ccccc1)C(=O)NC1CCCCC1)S(=O)(=O)c1ccccc1. The highest BCUT2D eigenvalue weighted by atomic mass is 32.2. The van der Waals surface area contributed by atoms with Gasteiger partial charge in [0.1, 0.15) is 12.6 Å². The molecule has 1 aliphatic rings. The van der Waals surface area contributed by atoms with E-state index in [1.54, 1.807) is 47.4 Å². The summed E-state index contributed by atoms with van der Waals surface area (Å²) in [5.41, 5.74) is 4.12. The van der Waals surface area contributed by atoms with Gasteiger partial charge in [-0.25, -0.2) is 8.42 Å². The van der Waals surface area contributed by atoms with E-state index in [0.29, 0.717) is 18.5 Å². The van der Waals surface area contributed by atoms with Crippen molar-refractivity contribution < 1.29 is 18.0 Å². The van der Waals surface area contributed by atoms with Gasteiger partial charge in [0.25, 0.3) is 10.0 Å². The van der Waals surface area contributed by atoms with E-state index in [0.717, 1.165) is 54.4 Å². The Balaban J connectivity index is 1.57. The number of para-hydroxylation sites is 1. The summed E-state index contributed by atoms with van der Waals surface area (Å²) in [6.07, 6.45) is 5.97. The summed E-state index contributed by atoms with van der Waals surface area (Å²) in [5.74, 6) is -0.664. The Morgan fingerprint density at radius 3 is 2.06 bits per heavy atom. The van der Waals surface area contributed by atoms with Crippen molar-refractivity contribution in [3.8, 4) is 0 Å². The standard InChI is InChI=1S/C39H45N3O4S/c1-3-33-17-13-14-22-36(33)42(47(45,46)35-20-11-6-12-21-35)29-38(43)41(28-32-25-23-30(2)24-26-32)37(27-31-15-7-4-8-16-31)39(44)40-34-18-9-5-10-19-34/h4,6-8,11-17,20-26,34,37H,3,5,9-10,18-19,27-29H2,1-2H3,(H,40,44)/t37-/m1/s1. The molecule has 1 aliphatic carbocycles. The number of amides is 2. The number of sulfonamides is 1. The van der Waals surface area contributed by atoms with Crippen LogP contribution in [0.15, 0.2) is 114 Å². The molecule has 0 bridgehead atoms. The van der Waals surface area contributed by atoms with E-state index in [1.165, 1.54) is 4.31 Å². The molecule has 4 aromatic rings. The summed E-state index contributed by atoms with van der Waals surface area (Å²) in [6, 6.07) is 32.2. The van der Waals surface area contributed by atoms with E-state index in [9.17, 15) is 18.0 Å². The van der Waals surface area contributed by atoms with E-state index in [-0.39, 0.29) is 23.4 Å². The molecule has 1 fully saturated rings. The molecule has 47 heavy (non-hydrogen) atoms. The Morgan fingerprint density at radius 2 is 1.40 bits per heavy atom. The van der Waals surface area contributed by atoms with Gasteiger partial charge in [0, 0.05) is 19.0 Å². The van der Waals surface area contributed by atoms with E-state index in [4.69, 9.17) is 0 Å². The lowest BCUT2D eigenvalue weighted by molar-refractivity contribution is -0.140. The Bertz CT molecular complexity index is 1720. The van der Waals surface area contributed by atoms with E-state index in [2.05, 4.69) is 5.32 Å². The summed E-state index contributed by atoms with van der Waals surface area (Å²) in [4.78, 5) is 30.7. The maximum Gasteiger partial charge on any atom is 0.264 e. The molecule has 0 heterocycles. The molecule has 0 radical (unpaired) electrons. The summed E-state index contributed by atoms with van der Waals surface area (Å²) in [5, 5.41) is 3.26. The number of anilines is 1. The zero-order chi connectivity index (χ0) is 33.2. The van der Waals surface area contributed by atoms with E-state index < -0.39 is 28.5 Å². The molecule has 0 unspecified atom stereocenters.